The Kier molecular flexibility index (Phi) is 4.88. The molecule has 140 valence electrons. The van der Waals surface area contributed by atoms with E-state index in [9.17, 15) is 13.6 Å². The molecule has 27 heavy (non-hydrogen) atoms. The van der Waals surface area contributed by atoms with Gasteiger partial charge in [-0.3, -0.25) is 4.79 Å². The standard InChI is InChI=1S/C21H20F2N2O2/c22-16-7-5-14(6-8-16)11-17-12-20(27-24-17)21(26)25-10-9-15(13-25)18-3-1-2-4-19(18)23/h1-8,15,20H,9-13H2/t15-,20-/m1/s1. The highest BCUT2D eigenvalue weighted by Gasteiger charge is 2.36. The molecule has 0 aliphatic carbocycles. The molecule has 6 heteroatoms. The molecule has 4 rings (SSSR count). The van der Waals surface area contributed by atoms with Crippen LogP contribution in [0, 0.1) is 11.6 Å². The SMILES string of the molecule is O=C([C@H]1CC(Cc2ccc(F)cc2)=NO1)N1CC[C@@H](c2ccccc2F)C1. The van der Waals surface area contributed by atoms with E-state index in [1.165, 1.54) is 18.2 Å². The third kappa shape index (κ3) is 3.84. The Hall–Kier alpha value is -2.76. The van der Waals surface area contributed by atoms with E-state index in [1.54, 1.807) is 29.2 Å². The molecular weight excluding hydrogens is 350 g/mol. The Labute approximate surface area is 156 Å². The van der Waals surface area contributed by atoms with Crippen LogP contribution >= 0.6 is 0 Å². The van der Waals surface area contributed by atoms with E-state index >= 15 is 0 Å². The summed E-state index contributed by atoms with van der Waals surface area (Å²) in [6, 6.07) is 12.9. The van der Waals surface area contributed by atoms with Crippen LogP contribution in [0.4, 0.5) is 8.78 Å². The van der Waals surface area contributed by atoms with Gasteiger partial charge in [-0.1, -0.05) is 35.5 Å². The van der Waals surface area contributed by atoms with Gasteiger partial charge in [0.2, 0.25) is 6.10 Å². The minimum absolute atomic E-state index is 0.0103. The van der Waals surface area contributed by atoms with Gasteiger partial charge in [-0.05, 0) is 35.7 Å². The zero-order chi connectivity index (χ0) is 18.8. The second-order valence-electron chi connectivity index (χ2n) is 7.05. The van der Waals surface area contributed by atoms with Gasteiger partial charge in [0.15, 0.2) is 0 Å². The van der Waals surface area contributed by atoms with Crippen LogP contribution < -0.4 is 0 Å². The first-order chi connectivity index (χ1) is 13.1. The number of hydrogen-bond donors (Lipinski definition) is 0. The number of nitrogens with zero attached hydrogens (tertiary/aromatic N) is 2. The van der Waals surface area contributed by atoms with Gasteiger partial charge in [-0.15, -0.1) is 0 Å². The van der Waals surface area contributed by atoms with Gasteiger partial charge in [-0.25, -0.2) is 8.78 Å². The van der Waals surface area contributed by atoms with Crippen LogP contribution in [0.5, 0.6) is 0 Å². The van der Waals surface area contributed by atoms with Crippen LogP contribution in [0.2, 0.25) is 0 Å². The molecule has 0 aromatic heterocycles. The number of carbonyl (C=O) groups excluding carboxylic acids is 1. The lowest BCUT2D eigenvalue weighted by atomic mass is 9.98. The second kappa shape index (κ2) is 7.47. The largest absolute Gasteiger partial charge is 0.382 e. The van der Waals surface area contributed by atoms with Gasteiger partial charge >= 0.3 is 0 Å². The van der Waals surface area contributed by atoms with Crippen molar-refractivity contribution in [3.63, 3.8) is 0 Å². The van der Waals surface area contributed by atoms with Crippen LogP contribution in [0.1, 0.15) is 29.9 Å². The number of benzene rings is 2. The molecule has 0 unspecified atom stereocenters. The fourth-order valence-electron chi connectivity index (χ4n) is 3.73. The summed E-state index contributed by atoms with van der Waals surface area (Å²) in [5.41, 5.74) is 2.35. The number of likely N-dealkylation sites (tertiary alicyclic amines) is 1. The molecule has 2 aromatic rings. The molecular formula is C21H20F2N2O2. The minimum atomic E-state index is -0.625. The van der Waals surface area contributed by atoms with Crippen molar-refractivity contribution in [3.8, 4) is 0 Å². The van der Waals surface area contributed by atoms with Gasteiger partial charge in [0.25, 0.3) is 5.91 Å². The van der Waals surface area contributed by atoms with Crippen LogP contribution in [0.25, 0.3) is 0 Å². The van der Waals surface area contributed by atoms with Gasteiger partial charge in [0, 0.05) is 31.8 Å². The summed E-state index contributed by atoms with van der Waals surface area (Å²) in [6.07, 6.45) is 1.07. The van der Waals surface area contributed by atoms with E-state index in [4.69, 9.17) is 4.84 Å². The Morgan fingerprint density at radius 1 is 1.15 bits per heavy atom. The van der Waals surface area contributed by atoms with Gasteiger partial charge in [0.05, 0.1) is 5.71 Å². The first-order valence-electron chi connectivity index (χ1n) is 9.09. The van der Waals surface area contributed by atoms with Gasteiger partial charge in [-0.2, -0.15) is 0 Å². The molecule has 1 amide bonds. The fourth-order valence-corrected chi connectivity index (χ4v) is 3.73. The third-order valence-corrected chi connectivity index (χ3v) is 5.17. The molecule has 2 heterocycles. The van der Waals surface area contributed by atoms with Crippen LogP contribution in [-0.2, 0) is 16.1 Å². The lowest BCUT2D eigenvalue weighted by molar-refractivity contribution is -0.141. The normalized spacial score (nSPS) is 21.9. The molecule has 0 spiro atoms. The highest BCUT2D eigenvalue weighted by molar-refractivity contribution is 5.94. The van der Waals surface area contributed by atoms with E-state index in [-0.39, 0.29) is 23.5 Å². The Morgan fingerprint density at radius 2 is 1.93 bits per heavy atom. The van der Waals surface area contributed by atoms with Crippen molar-refractivity contribution in [2.45, 2.75) is 31.3 Å². The zero-order valence-electron chi connectivity index (χ0n) is 14.8. The molecule has 1 saturated heterocycles. The van der Waals surface area contributed by atoms with Crippen molar-refractivity contribution < 1.29 is 18.4 Å². The van der Waals surface area contributed by atoms with E-state index < -0.39 is 6.10 Å². The van der Waals surface area contributed by atoms with Crippen molar-refractivity contribution in [3.05, 3.63) is 71.3 Å². The van der Waals surface area contributed by atoms with E-state index in [0.717, 1.165) is 17.7 Å². The zero-order valence-corrected chi connectivity index (χ0v) is 14.8. The van der Waals surface area contributed by atoms with Crippen LogP contribution in [0.3, 0.4) is 0 Å². The highest BCUT2D eigenvalue weighted by atomic mass is 19.1. The number of carbonyl (C=O) groups is 1. The molecule has 2 aliphatic heterocycles. The van der Waals surface area contributed by atoms with Crippen molar-refractivity contribution in [1.29, 1.82) is 0 Å². The quantitative estimate of drug-likeness (QED) is 0.824. The monoisotopic (exact) mass is 370 g/mol. The summed E-state index contributed by atoms with van der Waals surface area (Å²) in [4.78, 5) is 19.8. The van der Waals surface area contributed by atoms with Gasteiger partial charge in [0.1, 0.15) is 11.6 Å². The summed E-state index contributed by atoms with van der Waals surface area (Å²) in [5.74, 6) is -0.600. The maximum Gasteiger partial charge on any atom is 0.266 e. The topological polar surface area (TPSA) is 41.9 Å². The molecule has 0 radical (unpaired) electrons. The molecule has 2 aliphatic rings. The number of halogens is 2. The summed E-state index contributed by atoms with van der Waals surface area (Å²) in [7, 11) is 0. The maximum absolute atomic E-state index is 14.0. The van der Waals surface area contributed by atoms with Crippen molar-refractivity contribution in [2.75, 3.05) is 13.1 Å². The highest BCUT2D eigenvalue weighted by Crippen LogP contribution is 2.30. The maximum atomic E-state index is 14.0. The molecule has 2 aromatic carbocycles. The average Bonchev–Trinajstić information content (AvgIpc) is 3.33. The minimum Gasteiger partial charge on any atom is -0.382 e. The predicted molar refractivity (Wildman–Crippen MR) is 97.4 cm³/mol. The van der Waals surface area contributed by atoms with Crippen molar-refractivity contribution in [1.82, 2.24) is 4.90 Å². The second-order valence-corrected chi connectivity index (χ2v) is 7.05. The molecule has 4 nitrogen and oxygen atoms in total. The summed E-state index contributed by atoms with van der Waals surface area (Å²) < 4.78 is 27.0. The summed E-state index contributed by atoms with van der Waals surface area (Å²) >= 11 is 0. The Bertz CT molecular complexity index is 867. The Balaban J connectivity index is 1.33. The summed E-state index contributed by atoms with van der Waals surface area (Å²) in [5, 5.41) is 4.03. The average molecular weight is 370 g/mol. The van der Waals surface area contributed by atoms with Gasteiger partial charge < -0.3 is 9.74 Å². The molecule has 2 atom stereocenters. The van der Waals surface area contributed by atoms with Crippen molar-refractivity contribution in [2.24, 2.45) is 5.16 Å². The Morgan fingerprint density at radius 3 is 2.70 bits per heavy atom. The third-order valence-electron chi connectivity index (χ3n) is 5.17. The van der Waals surface area contributed by atoms with E-state index in [1.807, 2.05) is 6.07 Å². The first kappa shape index (κ1) is 17.6. The smallest absolute Gasteiger partial charge is 0.266 e. The number of hydrogen-bond acceptors (Lipinski definition) is 3. The van der Waals surface area contributed by atoms with Crippen LogP contribution in [0.15, 0.2) is 53.7 Å². The molecule has 0 saturated carbocycles. The van der Waals surface area contributed by atoms with Crippen LogP contribution in [-0.4, -0.2) is 35.7 Å². The number of amides is 1. The number of oxime groups is 1. The lowest BCUT2D eigenvalue weighted by Gasteiger charge is -2.19. The lowest BCUT2D eigenvalue weighted by Crippen LogP contribution is -2.37. The molecule has 0 bridgehead atoms. The fraction of sp³-hybridized carbons (Fsp3) is 0.333. The molecule has 0 N–H and O–H groups in total. The summed E-state index contributed by atoms with van der Waals surface area (Å²) in [6.45, 7) is 1.08. The van der Waals surface area contributed by atoms with E-state index in [0.29, 0.717) is 31.5 Å². The predicted octanol–water partition coefficient (Wildman–Crippen LogP) is 3.67. The first-order valence-corrected chi connectivity index (χ1v) is 9.09. The number of rotatable bonds is 4. The van der Waals surface area contributed by atoms with E-state index in [2.05, 4.69) is 5.16 Å². The van der Waals surface area contributed by atoms with Crippen molar-refractivity contribution >= 4 is 11.6 Å². The molecule has 1 fully saturated rings.